The molecule has 0 aliphatic carbocycles. The van der Waals surface area contributed by atoms with E-state index >= 15 is 0 Å². The fraction of sp³-hybridized carbons (Fsp3) is 1.00. The van der Waals surface area contributed by atoms with Crippen LogP contribution in [-0.4, -0.2) is 11.0 Å². The van der Waals surface area contributed by atoms with Gasteiger partial charge in [0.1, 0.15) is 0 Å². The third-order valence-electron chi connectivity index (χ3n) is 0. The summed E-state index contributed by atoms with van der Waals surface area (Å²) in [5, 5.41) is 0. The second kappa shape index (κ2) is 898. The van der Waals surface area contributed by atoms with Gasteiger partial charge in [-0.3, -0.25) is 0 Å². The van der Waals surface area contributed by atoms with Gasteiger partial charge < -0.3 is 23.4 Å². The van der Waals surface area contributed by atoms with Gasteiger partial charge >= 0.3 is 59.1 Å². The summed E-state index contributed by atoms with van der Waals surface area (Å²) < 4.78 is 0. The molecular formula is C11H51Cl3Na2O2. The van der Waals surface area contributed by atoms with Crippen LogP contribution in [0.5, 0.6) is 0 Å². The third kappa shape index (κ3) is 764. The predicted octanol–water partition coefficient (Wildman–Crippen LogP) is -1.90. The average Bonchev–Trinajstić information content (AvgIpc) is 0. The molecule has 0 radical (unpaired) electrons. The fourth-order valence-corrected chi connectivity index (χ4v) is 0. The van der Waals surface area contributed by atoms with Crippen LogP contribution in [0, 0.1) is 0 Å². The SMILES string of the molecule is C.C.C.C.C.C.C.C.C.C.C.Cl.Cl.O.[2HH].[Cl-].[Na+].[Na+].[OH-]. The van der Waals surface area contributed by atoms with E-state index in [-0.39, 0.29) is 190 Å². The molecule has 0 spiro atoms. The van der Waals surface area contributed by atoms with Crippen LogP contribution in [-0.2, 0) is 0 Å². The van der Waals surface area contributed by atoms with E-state index in [4.69, 9.17) is 0 Å². The number of hydrogen-bond donors (Lipinski definition) is 0. The van der Waals surface area contributed by atoms with Crippen LogP contribution in [0.3, 0.4) is 0 Å². The smallest absolute Gasteiger partial charge is 1.00 e. The molecule has 0 aromatic heterocycles. The van der Waals surface area contributed by atoms with Gasteiger partial charge in [-0.25, -0.2) is 0 Å². The minimum atomic E-state index is 0. The summed E-state index contributed by atoms with van der Waals surface area (Å²) in [6.07, 6.45) is 0. The van der Waals surface area contributed by atoms with Crippen molar-refractivity contribution in [3.05, 3.63) is 0 Å². The normalized spacial score (nSPS) is 0. The summed E-state index contributed by atoms with van der Waals surface area (Å²) in [4.78, 5) is 0. The molecule has 130 valence electrons. The maximum Gasteiger partial charge on any atom is 1.00 e. The van der Waals surface area contributed by atoms with Crippen molar-refractivity contribution >= 4 is 24.8 Å². The van der Waals surface area contributed by atoms with Gasteiger partial charge in [-0.05, 0) is 0 Å². The molecule has 0 bridgehead atoms. The van der Waals surface area contributed by atoms with E-state index in [1.165, 1.54) is 0 Å². The summed E-state index contributed by atoms with van der Waals surface area (Å²) in [6.45, 7) is 0. The van der Waals surface area contributed by atoms with Crippen molar-refractivity contribution in [2.24, 2.45) is 0 Å². The summed E-state index contributed by atoms with van der Waals surface area (Å²) >= 11 is 0. The van der Waals surface area contributed by atoms with Gasteiger partial charge in [0, 0.05) is 1.43 Å². The quantitative estimate of drug-likeness (QED) is 0.461. The van der Waals surface area contributed by atoms with Crippen LogP contribution >= 0.6 is 24.8 Å². The molecule has 0 rings (SSSR count). The molecule has 7 heteroatoms. The molecule has 0 heterocycles. The second-order valence-corrected chi connectivity index (χ2v) is 0. The van der Waals surface area contributed by atoms with E-state index in [0.717, 1.165) is 0 Å². The first-order valence-electron chi connectivity index (χ1n) is 0. The van der Waals surface area contributed by atoms with Gasteiger partial charge in [-0.2, -0.15) is 0 Å². The molecule has 0 atom stereocenters. The Kier molecular flexibility index (Phi) is 52200. The van der Waals surface area contributed by atoms with Crippen molar-refractivity contribution in [1.29, 1.82) is 0 Å². The maximum absolute atomic E-state index is 0. The molecule has 0 unspecified atom stereocenters. The Morgan fingerprint density at radius 3 is 0.389 bits per heavy atom. The molecule has 0 aliphatic heterocycles. The van der Waals surface area contributed by atoms with Crippen LogP contribution in [0.15, 0.2) is 0 Å². The van der Waals surface area contributed by atoms with Crippen molar-refractivity contribution in [2.45, 2.75) is 81.7 Å². The first-order chi connectivity index (χ1) is 0. The second-order valence-electron chi connectivity index (χ2n) is 0. The summed E-state index contributed by atoms with van der Waals surface area (Å²) in [5.41, 5.74) is 0. The van der Waals surface area contributed by atoms with Crippen molar-refractivity contribution in [1.82, 2.24) is 0 Å². The summed E-state index contributed by atoms with van der Waals surface area (Å²) in [6, 6.07) is 0. The van der Waals surface area contributed by atoms with Crippen LogP contribution in [0.25, 0.3) is 0 Å². The van der Waals surface area contributed by atoms with Gasteiger partial charge in [0.2, 0.25) is 0 Å². The monoisotopic (exact) mass is 367 g/mol. The van der Waals surface area contributed by atoms with Crippen LogP contribution in [0.4, 0.5) is 0 Å². The number of rotatable bonds is 0. The van der Waals surface area contributed by atoms with Gasteiger partial charge in [-0.15, -0.1) is 24.8 Å². The first-order valence-corrected chi connectivity index (χ1v) is 0. The molecule has 0 saturated carbocycles. The zero-order valence-electron chi connectivity index (χ0n) is 4.14. The van der Waals surface area contributed by atoms with E-state index in [1.54, 1.807) is 0 Å². The van der Waals surface area contributed by atoms with E-state index in [0.29, 0.717) is 0 Å². The van der Waals surface area contributed by atoms with Crippen LogP contribution < -0.4 is 71.5 Å². The molecule has 0 aromatic rings. The van der Waals surface area contributed by atoms with Gasteiger partial charge in [0.05, 0.1) is 0 Å². The Bertz CT molecular complexity index is 33.9. The topological polar surface area (TPSA) is 61.5 Å². The third-order valence-corrected chi connectivity index (χ3v) is 0. The molecule has 2 nitrogen and oxygen atoms in total. The fourth-order valence-electron chi connectivity index (χ4n) is 0. The largest absolute Gasteiger partial charge is 1.00 e. The first kappa shape index (κ1) is 1050. The standard InChI is InChI=1S/11CH4.3ClH.2Na.2H2O.H2/h11*1H4;3*1H;;;2*1H2;1H/q;;;;;;;;;;;;;;2*+1;;;/p-2/i;;;;;;;;;;;;;;;;;;1+1. The Morgan fingerprint density at radius 2 is 0.389 bits per heavy atom. The molecule has 3 N–H and O–H groups in total. The predicted molar refractivity (Wildman–Crippen MR) is 96.2 cm³/mol. The molecule has 0 saturated heterocycles. The molecule has 0 fully saturated rings. The van der Waals surface area contributed by atoms with E-state index in [2.05, 4.69) is 0 Å². The van der Waals surface area contributed by atoms with E-state index < -0.39 is 0 Å². The van der Waals surface area contributed by atoms with Crippen molar-refractivity contribution in [3.63, 3.8) is 0 Å². The molecular weight excluding hydrogens is 316 g/mol. The zero-order chi connectivity index (χ0) is 0. The van der Waals surface area contributed by atoms with Gasteiger partial charge in [-0.1, -0.05) is 81.7 Å². The summed E-state index contributed by atoms with van der Waals surface area (Å²) in [7, 11) is 0. The van der Waals surface area contributed by atoms with Crippen molar-refractivity contribution < 1.29 is 83.9 Å². The Balaban J connectivity index is 0. The van der Waals surface area contributed by atoms with Crippen LogP contribution in [0.2, 0.25) is 0 Å². The summed E-state index contributed by atoms with van der Waals surface area (Å²) in [5.74, 6) is 0. The molecule has 0 aliphatic rings. The minimum absolute atomic E-state index is 0. The maximum atomic E-state index is 0. The van der Waals surface area contributed by atoms with E-state index in [9.17, 15) is 0 Å². The van der Waals surface area contributed by atoms with Crippen molar-refractivity contribution in [3.8, 4) is 0 Å². The van der Waals surface area contributed by atoms with Crippen LogP contribution in [0.1, 0.15) is 83.1 Å². The molecule has 0 amide bonds. The van der Waals surface area contributed by atoms with Crippen molar-refractivity contribution in [2.75, 3.05) is 0 Å². The molecule has 0 aromatic carbocycles. The average molecular weight is 369 g/mol. The molecule has 18 heavy (non-hydrogen) atoms. The number of hydrogen-bond acceptors (Lipinski definition) is 1. The Labute approximate surface area is 188 Å². The van der Waals surface area contributed by atoms with Gasteiger partial charge in [0.25, 0.3) is 0 Å². The minimum Gasteiger partial charge on any atom is -1.00 e. The van der Waals surface area contributed by atoms with Gasteiger partial charge in [0.15, 0.2) is 0 Å². The Morgan fingerprint density at radius 1 is 0.389 bits per heavy atom. The number of halogens is 3. The van der Waals surface area contributed by atoms with E-state index in [1.807, 2.05) is 0 Å². The zero-order valence-corrected chi connectivity index (χ0v) is 10.5. The Hall–Kier alpha value is 2.79.